The Bertz CT molecular complexity index is 200. The summed E-state index contributed by atoms with van der Waals surface area (Å²) in [5, 5.41) is 29.4. The minimum absolute atomic E-state index is 0.136. The van der Waals surface area contributed by atoms with Crippen molar-refractivity contribution in [3.8, 4) is 0 Å². The highest BCUT2D eigenvalue weighted by molar-refractivity contribution is 8.00. The monoisotopic (exact) mass is 265 g/mol. The molecule has 0 rings (SSSR count). The molecule has 102 valence electrons. The number of aliphatic hydroxyl groups is 2. The van der Waals surface area contributed by atoms with Gasteiger partial charge in [0.1, 0.15) is 6.04 Å². The van der Waals surface area contributed by atoms with Crippen LogP contribution in [-0.2, 0) is 4.79 Å². The molecule has 0 aromatic rings. The van der Waals surface area contributed by atoms with Crippen LogP contribution in [0.5, 0.6) is 0 Å². The van der Waals surface area contributed by atoms with Crippen LogP contribution < -0.4 is 5.32 Å². The number of aliphatic carboxylic acids is 1. The second-order valence-corrected chi connectivity index (χ2v) is 5.21. The lowest BCUT2D eigenvalue weighted by Gasteiger charge is -2.17. The quantitative estimate of drug-likeness (QED) is 0.402. The molecule has 0 saturated heterocycles. The van der Waals surface area contributed by atoms with Crippen molar-refractivity contribution < 1.29 is 20.1 Å². The minimum Gasteiger partial charge on any atom is -0.480 e. The zero-order chi connectivity index (χ0) is 13.1. The van der Waals surface area contributed by atoms with E-state index >= 15 is 0 Å². The first kappa shape index (κ1) is 16.7. The number of unbranched alkanes of at least 4 members (excludes halogenated alkanes) is 2. The summed E-state index contributed by atoms with van der Waals surface area (Å²) >= 11 is 1.28. The summed E-state index contributed by atoms with van der Waals surface area (Å²) in [6.07, 6.45) is 3.15. The Morgan fingerprint density at radius 1 is 1.29 bits per heavy atom. The normalized spacial score (nSPS) is 12.9. The van der Waals surface area contributed by atoms with Gasteiger partial charge in [-0.2, -0.15) is 11.8 Å². The third kappa shape index (κ3) is 8.43. The highest BCUT2D eigenvalue weighted by Gasteiger charge is 2.18. The van der Waals surface area contributed by atoms with E-state index in [1.807, 2.05) is 0 Å². The largest absolute Gasteiger partial charge is 0.480 e. The lowest BCUT2D eigenvalue weighted by Crippen LogP contribution is -2.40. The van der Waals surface area contributed by atoms with Gasteiger partial charge in [0.2, 0.25) is 0 Å². The molecule has 0 fully saturated rings. The summed E-state index contributed by atoms with van der Waals surface area (Å²) in [4.78, 5) is 11.0. The van der Waals surface area contributed by atoms with Crippen LogP contribution in [0.2, 0.25) is 0 Å². The van der Waals surface area contributed by atoms with Gasteiger partial charge in [0.25, 0.3) is 0 Å². The van der Waals surface area contributed by atoms with Crippen molar-refractivity contribution in [3.63, 3.8) is 0 Å². The predicted molar refractivity (Wildman–Crippen MR) is 69.4 cm³/mol. The van der Waals surface area contributed by atoms with E-state index in [0.29, 0.717) is 12.3 Å². The van der Waals surface area contributed by atoms with Gasteiger partial charge in [0.05, 0.1) is 18.5 Å². The lowest BCUT2D eigenvalue weighted by molar-refractivity contribution is -0.138. The molecule has 5 nitrogen and oxygen atoms in total. The highest BCUT2D eigenvalue weighted by atomic mass is 32.2. The molecular weight excluding hydrogens is 242 g/mol. The number of nitrogens with one attached hydrogen (secondary N) is 1. The van der Waals surface area contributed by atoms with Gasteiger partial charge in [-0.3, -0.25) is 4.79 Å². The number of carbonyl (C=O) groups is 1. The average molecular weight is 265 g/mol. The van der Waals surface area contributed by atoms with E-state index in [1.54, 1.807) is 0 Å². The first-order valence-electron chi connectivity index (χ1n) is 5.95. The number of rotatable bonds is 11. The Balaban J connectivity index is 3.86. The fraction of sp³-hybridized carbons (Fsp3) is 0.909. The molecule has 0 spiro atoms. The van der Waals surface area contributed by atoms with Crippen LogP contribution in [0.4, 0.5) is 0 Å². The highest BCUT2D eigenvalue weighted by Crippen LogP contribution is 2.11. The number of thioether (sulfide) groups is 1. The first-order chi connectivity index (χ1) is 8.15. The molecule has 0 aliphatic carbocycles. The molecule has 0 amide bonds. The summed E-state index contributed by atoms with van der Waals surface area (Å²) < 4.78 is 0. The van der Waals surface area contributed by atoms with Gasteiger partial charge in [-0.15, -0.1) is 0 Å². The van der Waals surface area contributed by atoms with Gasteiger partial charge >= 0.3 is 5.97 Å². The maximum absolute atomic E-state index is 11.0. The summed E-state index contributed by atoms with van der Waals surface area (Å²) in [5.41, 5.74) is 0. The Labute approximate surface area is 107 Å². The van der Waals surface area contributed by atoms with Crippen molar-refractivity contribution in [1.29, 1.82) is 0 Å². The number of aliphatic hydroxyl groups excluding tert-OH is 2. The zero-order valence-electron chi connectivity index (χ0n) is 10.3. The smallest absolute Gasteiger partial charge is 0.321 e. The maximum atomic E-state index is 11.0. The van der Waals surface area contributed by atoms with Crippen LogP contribution in [0.3, 0.4) is 0 Å². The fourth-order valence-electron chi connectivity index (χ4n) is 1.26. The fourth-order valence-corrected chi connectivity index (χ4v) is 2.20. The van der Waals surface area contributed by atoms with Crippen molar-refractivity contribution in [2.75, 3.05) is 25.5 Å². The molecule has 0 aliphatic rings. The van der Waals surface area contributed by atoms with E-state index in [0.717, 1.165) is 19.3 Å². The average Bonchev–Trinajstić information content (AvgIpc) is 2.32. The molecule has 17 heavy (non-hydrogen) atoms. The molecule has 1 atom stereocenters. The third-order valence-corrected chi connectivity index (χ3v) is 3.67. The number of hydrogen-bond donors (Lipinski definition) is 4. The van der Waals surface area contributed by atoms with Crippen LogP contribution in [0.25, 0.3) is 0 Å². The molecule has 0 aromatic carbocycles. The molecule has 0 bridgehead atoms. The molecule has 0 unspecified atom stereocenters. The molecule has 0 heterocycles. The second-order valence-electron chi connectivity index (χ2n) is 3.87. The van der Waals surface area contributed by atoms with Crippen LogP contribution in [0.15, 0.2) is 0 Å². The van der Waals surface area contributed by atoms with E-state index in [-0.39, 0.29) is 18.5 Å². The van der Waals surface area contributed by atoms with E-state index in [9.17, 15) is 4.79 Å². The van der Waals surface area contributed by atoms with Gasteiger partial charge in [0, 0.05) is 5.75 Å². The molecule has 6 heteroatoms. The van der Waals surface area contributed by atoms with Crippen molar-refractivity contribution in [2.45, 2.75) is 37.5 Å². The lowest BCUT2D eigenvalue weighted by atomic mass is 10.2. The van der Waals surface area contributed by atoms with Crippen LogP contribution in [0.1, 0.15) is 26.2 Å². The number of carboxylic acids is 1. The molecular formula is C11H23NO4S. The van der Waals surface area contributed by atoms with E-state index < -0.39 is 12.0 Å². The summed E-state index contributed by atoms with van der Waals surface area (Å²) in [7, 11) is 0. The van der Waals surface area contributed by atoms with Gasteiger partial charge in [-0.1, -0.05) is 19.8 Å². The van der Waals surface area contributed by atoms with E-state index in [4.69, 9.17) is 15.3 Å². The molecule has 0 aromatic heterocycles. The van der Waals surface area contributed by atoms with Gasteiger partial charge in [-0.05, 0) is 13.0 Å². The van der Waals surface area contributed by atoms with Gasteiger partial charge in [0.15, 0.2) is 0 Å². The minimum atomic E-state index is -0.886. The second kappa shape index (κ2) is 10.8. The van der Waals surface area contributed by atoms with E-state index in [1.165, 1.54) is 11.8 Å². The molecule has 0 aliphatic heterocycles. The molecule has 4 N–H and O–H groups in total. The van der Waals surface area contributed by atoms with E-state index in [2.05, 4.69) is 12.2 Å². The molecule has 0 saturated carbocycles. The topological polar surface area (TPSA) is 89.8 Å². The third-order valence-electron chi connectivity index (χ3n) is 2.38. The van der Waals surface area contributed by atoms with Gasteiger partial charge in [-0.25, -0.2) is 0 Å². The summed E-state index contributed by atoms with van der Waals surface area (Å²) in [6, 6.07) is -0.613. The van der Waals surface area contributed by atoms with Gasteiger partial charge < -0.3 is 20.6 Å². The number of carboxylic acid groups (broad SMARTS) is 1. The van der Waals surface area contributed by atoms with Crippen LogP contribution in [-0.4, -0.2) is 58.1 Å². The molecule has 0 radical (unpaired) electrons. The Morgan fingerprint density at radius 2 is 1.94 bits per heavy atom. The SMILES string of the molecule is CCCCCN[C@H](CSC(CO)CO)C(=O)O. The van der Waals surface area contributed by atoms with Crippen LogP contribution in [0, 0.1) is 0 Å². The Hall–Kier alpha value is -0.300. The Morgan fingerprint density at radius 3 is 2.41 bits per heavy atom. The van der Waals surface area contributed by atoms with Crippen molar-refractivity contribution in [1.82, 2.24) is 5.32 Å². The first-order valence-corrected chi connectivity index (χ1v) is 7.00. The van der Waals surface area contributed by atoms with Crippen molar-refractivity contribution in [3.05, 3.63) is 0 Å². The Kier molecular flexibility index (Phi) is 10.6. The van der Waals surface area contributed by atoms with Crippen molar-refractivity contribution in [2.24, 2.45) is 0 Å². The number of hydrogen-bond acceptors (Lipinski definition) is 5. The van der Waals surface area contributed by atoms with Crippen molar-refractivity contribution >= 4 is 17.7 Å². The maximum Gasteiger partial charge on any atom is 0.321 e. The zero-order valence-corrected chi connectivity index (χ0v) is 11.1. The summed E-state index contributed by atoms with van der Waals surface area (Å²) in [6.45, 7) is 2.51. The van der Waals surface area contributed by atoms with Crippen LogP contribution >= 0.6 is 11.8 Å². The predicted octanol–water partition coefficient (Wildman–Crippen LogP) is 0.306. The standard InChI is InChI=1S/C11H23NO4S/c1-2-3-4-5-12-10(11(15)16)8-17-9(6-13)7-14/h9-10,12-14H,2-8H2,1H3,(H,15,16)/t10-/m1/s1. The summed E-state index contributed by atoms with van der Waals surface area (Å²) in [5.74, 6) is -0.531.